The number of halogens is 3. The maximum atomic E-state index is 12.8. The number of imidazole rings is 1. The summed E-state index contributed by atoms with van der Waals surface area (Å²) in [5.41, 5.74) is -0.324. The topological polar surface area (TPSA) is 59.0 Å². The summed E-state index contributed by atoms with van der Waals surface area (Å²) in [6, 6.07) is 3.95. The molecule has 1 aliphatic rings. The van der Waals surface area contributed by atoms with Gasteiger partial charge in [0.1, 0.15) is 5.82 Å². The lowest BCUT2D eigenvalue weighted by Gasteiger charge is -2.18. The highest BCUT2D eigenvalue weighted by Crippen LogP contribution is 2.30. The molecule has 128 valence electrons. The van der Waals surface area contributed by atoms with Crippen LogP contribution in [0.5, 0.6) is 0 Å². The average Bonchev–Trinajstić information content (AvgIpc) is 3.07. The van der Waals surface area contributed by atoms with Crippen LogP contribution in [0.15, 0.2) is 36.7 Å². The van der Waals surface area contributed by atoms with Crippen molar-refractivity contribution in [2.24, 2.45) is 0 Å². The number of hydrogen-bond acceptors (Lipinski definition) is 2. The molecule has 8 heteroatoms. The zero-order chi connectivity index (χ0) is 17.3. The number of carbonyl (C=O) groups is 1. The molecule has 0 spiro atoms. The van der Waals surface area contributed by atoms with Crippen LogP contribution in [0.1, 0.15) is 29.9 Å². The Balaban J connectivity index is 1.58. The van der Waals surface area contributed by atoms with Crippen LogP contribution in [-0.4, -0.2) is 21.6 Å². The Hall–Kier alpha value is -2.51. The van der Waals surface area contributed by atoms with Gasteiger partial charge in [-0.05, 0) is 24.6 Å². The molecule has 24 heavy (non-hydrogen) atoms. The third-order valence-electron chi connectivity index (χ3n) is 4.04. The Bertz CT molecular complexity index is 720. The summed E-state index contributed by atoms with van der Waals surface area (Å²) in [6.07, 6.45) is -0.206. The molecule has 2 aromatic rings. The molecule has 5 nitrogen and oxygen atoms in total. The molecule has 2 heterocycles. The van der Waals surface area contributed by atoms with Crippen molar-refractivity contribution in [3.63, 3.8) is 0 Å². The van der Waals surface area contributed by atoms with E-state index in [-0.39, 0.29) is 6.04 Å². The van der Waals surface area contributed by atoms with Gasteiger partial charge in [0.05, 0.1) is 17.6 Å². The Morgan fingerprint density at radius 1 is 1.42 bits per heavy atom. The maximum absolute atomic E-state index is 12.8. The molecule has 0 radical (unpaired) electrons. The van der Waals surface area contributed by atoms with Crippen molar-refractivity contribution in [3.8, 4) is 0 Å². The Kier molecular flexibility index (Phi) is 4.21. The fourth-order valence-corrected chi connectivity index (χ4v) is 2.81. The Morgan fingerprint density at radius 3 is 2.92 bits per heavy atom. The van der Waals surface area contributed by atoms with Gasteiger partial charge in [-0.1, -0.05) is 12.1 Å². The van der Waals surface area contributed by atoms with Gasteiger partial charge in [-0.3, -0.25) is 0 Å². The second-order valence-corrected chi connectivity index (χ2v) is 5.86. The molecule has 0 saturated carbocycles. The molecule has 0 aliphatic carbocycles. The van der Waals surface area contributed by atoms with Crippen molar-refractivity contribution in [2.45, 2.75) is 38.1 Å². The normalized spacial score (nSPS) is 18.1. The number of carbonyl (C=O) groups excluding carboxylic acids is 1. The van der Waals surface area contributed by atoms with E-state index in [0.29, 0.717) is 18.5 Å². The predicted molar refractivity (Wildman–Crippen MR) is 81.2 cm³/mol. The summed E-state index contributed by atoms with van der Waals surface area (Å²) in [5.74, 6) is 0.909. The number of urea groups is 1. The van der Waals surface area contributed by atoms with Crippen LogP contribution < -0.4 is 10.6 Å². The molecule has 2 atom stereocenters. The number of rotatable bonds is 3. The minimum atomic E-state index is -4.40. The summed E-state index contributed by atoms with van der Waals surface area (Å²) < 4.78 is 40.2. The SMILES string of the molecule is CC(NC(=O)NC1Cc2nccn2C1)c1cccc(C(F)(F)F)c1. The van der Waals surface area contributed by atoms with Gasteiger partial charge in [-0.15, -0.1) is 0 Å². The van der Waals surface area contributed by atoms with E-state index >= 15 is 0 Å². The highest BCUT2D eigenvalue weighted by molar-refractivity contribution is 5.74. The van der Waals surface area contributed by atoms with Crippen molar-refractivity contribution in [3.05, 3.63) is 53.6 Å². The molecule has 2 amide bonds. The zero-order valence-electron chi connectivity index (χ0n) is 13.0. The first-order valence-corrected chi connectivity index (χ1v) is 7.57. The van der Waals surface area contributed by atoms with Gasteiger partial charge in [0, 0.05) is 25.4 Å². The predicted octanol–water partition coefficient (Wildman–Crippen LogP) is 2.89. The van der Waals surface area contributed by atoms with Crippen molar-refractivity contribution in [1.29, 1.82) is 0 Å². The molecular weight excluding hydrogens is 321 g/mol. The van der Waals surface area contributed by atoms with Crippen molar-refractivity contribution < 1.29 is 18.0 Å². The van der Waals surface area contributed by atoms with Gasteiger partial charge in [-0.25, -0.2) is 9.78 Å². The quantitative estimate of drug-likeness (QED) is 0.904. The number of fused-ring (bicyclic) bond motifs is 1. The number of alkyl halides is 3. The number of nitrogens with zero attached hydrogens (tertiary/aromatic N) is 2. The highest BCUT2D eigenvalue weighted by Gasteiger charge is 2.31. The summed E-state index contributed by atoms with van der Waals surface area (Å²) in [7, 11) is 0. The van der Waals surface area contributed by atoms with Crippen LogP contribution in [-0.2, 0) is 19.1 Å². The molecular formula is C16H17F3N4O. The largest absolute Gasteiger partial charge is 0.416 e. The minimum absolute atomic E-state index is 0.0672. The third-order valence-corrected chi connectivity index (χ3v) is 4.04. The van der Waals surface area contributed by atoms with E-state index in [9.17, 15) is 18.0 Å². The minimum Gasteiger partial charge on any atom is -0.333 e. The summed E-state index contributed by atoms with van der Waals surface area (Å²) >= 11 is 0. The van der Waals surface area contributed by atoms with E-state index in [1.807, 2.05) is 10.8 Å². The third kappa shape index (κ3) is 3.52. The van der Waals surface area contributed by atoms with E-state index in [1.165, 1.54) is 6.07 Å². The first kappa shape index (κ1) is 16.4. The van der Waals surface area contributed by atoms with Crippen LogP contribution in [0, 0.1) is 0 Å². The fourth-order valence-electron chi connectivity index (χ4n) is 2.81. The lowest BCUT2D eigenvalue weighted by atomic mass is 10.1. The van der Waals surface area contributed by atoms with Gasteiger partial charge < -0.3 is 15.2 Å². The second kappa shape index (κ2) is 6.18. The van der Waals surface area contributed by atoms with E-state index in [0.717, 1.165) is 18.0 Å². The van der Waals surface area contributed by atoms with Crippen LogP contribution >= 0.6 is 0 Å². The highest BCUT2D eigenvalue weighted by atomic mass is 19.4. The fraction of sp³-hybridized carbons (Fsp3) is 0.375. The number of nitrogens with one attached hydrogen (secondary N) is 2. The van der Waals surface area contributed by atoms with Crippen molar-refractivity contribution >= 4 is 6.03 Å². The van der Waals surface area contributed by atoms with E-state index < -0.39 is 23.8 Å². The van der Waals surface area contributed by atoms with E-state index in [4.69, 9.17) is 0 Å². The molecule has 1 aliphatic heterocycles. The molecule has 2 N–H and O–H groups in total. The lowest BCUT2D eigenvalue weighted by Crippen LogP contribution is -2.43. The van der Waals surface area contributed by atoms with Crippen LogP contribution in [0.25, 0.3) is 0 Å². The van der Waals surface area contributed by atoms with Gasteiger partial charge in [0.15, 0.2) is 0 Å². The first-order chi connectivity index (χ1) is 11.3. The summed E-state index contributed by atoms with van der Waals surface area (Å²) in [5, 5.41) is 5.50. The van der Waals surface area contributed by atoms with Crippen molar-refractivity contribution in [1.82, 2.24) is 20.2 Å². The molecule has 3 rings (SSSR count). The Morgan fingerprint density at radius 2 is 2.21 bits per heavy atom. The number of hydrogen-bond donors (Lipinski definition) is 2. The molecule has 0 fully saturated rings. The van der Waals surface area contributed by atoms with Crippen molar-refractivity contribution in [2.75, 3.05) is 0 Å². The zero-order valence-corrected chi connectivity index (χ0v) is 13.0. The molecule has 1 aromatic heterocycles. The Labute approximate surface area is 136 Å². The van der Waals surface area contributed by atoms with Gasteiger partial charge >= 0.3 is 12.2 Å². The first-order valence-electron chi connectivity index (χ1n) is 7.57. The van der Waals surface area contributed by atoms with Gasteiger partial charge in [0.2, 0.25) is 0 Å². The second-order valence-electron chi connectivity index (χ2n) is 5.86. The summed E-state index contributed by atoms with van der Waals surface area (Å²) in [4.78, 5) is 16.2. The smallest absolute Gasteiger partial charge is 0.333 e. The van der Waals surface area contributed by atoms with E-state index in [1.54, 1.807) is 19.2 Å². The lowest BCUT2D eigenvalue weighted by molar-refractivity contribution is -0.137. The molecule has 2 unspecified atom stereocenters. The molecule has 0 bridgehead atoms. The number of benzene rings is 1. The molecule has 0 saturated heterocycles. The number of amides is 2. The van der Waals surface area contributed by atoms with Gasteiger partial charge in [0.25, 0.3) is 0 Å². The van der Waals surface area contributed by atoms with Crippen LogP contribution in [0.2, 0.25) is 0 Å². The standard InChI is InChI=1S/C16H17F3N4O/c1-10(11-3-2-4-12(7-11)16(17,18)19)21-15(24)22-13-8-14-20-5-6-23(14)9-13/h2-7,10,13H,8-9H2,1H3,(H2,21,22,24). The average molecular weight is 338 g/mol. The molecule has 1 aromatic carbocycles. The van der Waals surface area contributed by atoms with Crippen LogP contribution in [0.4, 0.5) is 18.0 Å². The van der Waals surface area contributed by atoms with Gasteiger partial charge in [-0.2, -0.15) is 13.2 Å². The van der Waals surface area contributed by atoms with Crippen LogP contribution in [0.3, 0.4) is 0 Å². The summed E-state index contributed by atoms with van der Waals surface area (Å²) in [6.45, 7) is 2.29. The maximum Gasteiger partial charge on any atom is 0.416 e. The van der Waals surface area contributed by atoms with E-state index in [2.05, 4.69) is 15.6 Å². The number of aromatic nitrogens is 2. The monoisotopic (exact) mass is 338 g/mol.